The standard InChI is InChI=1S/C17H18BrClN2O/c1-12(15-5-3-4-6-16(15)18)20-17(22)21(2)11-13-7-9-14(19)10-8-13/h3-10,12H,11H2,1-2H3,(H,20,22). The fourth-order valence-electron chi connectivity index (χ4n) is 2.13. The van der Waals surface area contributed by atoms with E-state index < -0.39 is 0 Å². The maximum atomic E-state index is 12.3. The Hall–Kier alpha value is -1.52. The Morgan fingerprint density at radius 1 is 1.23 bits per heavy atom. The molecule has 2 rings (SSSR count). The van der Waals surface area contributed by atoms with Gasteiger partial charge >= 0.3 is 6.03 Å². The normalized spacial score (nSPS) is 11.8. The van der Waals surface area contributed by atoms with Gasteiger partial charge in [-0.25, -0.2) is 4.79 Å². The van der Waals surface area contributed by atoms with Crippen LogP contribution in [0.5, 0.6) is 0 Å². The topological polar surface area (TPSA) is 32.3 Å². The first-order chi connectivity index (χ1) is 10.5. The van der Waals surface area contributed by atoms with Gasteiger partial charge in [0.25, 0.3) is 0 Å². The van der Waals surface area contributed by atoms with Crippen molar-refractivity contribution in [2.45, 2.75) is 19.5 Å². The second-order valence-electron chi connectivity index (χ2n) is 5.18. The van der Waals surface area contributed by atoms with Gasteiger partial charge in [-0.15, -0.1) is 0 Å². The molecule has 22 heavy (non-hydrogen) atoms. The molecule has 3 nitrogen and oxygen atoms in total. The van der Waals surface area contributed by atoms with Crippen LogP contribution in [0.1, 0.15) is 24.1 Å². The third-order valence-corrected chi connectivity index (χ3v) is 4.37. The summed E-state index contributed by atoms with van der Waals surface area (Å²) >= 11 is 9.37. The molecule has 0 fully saturated rings. The summed E-state index contributed by atoms with van der Waals surface area (Å²) in [6.45, 7) is 2.50. The predicted molar refractivity (Wildman–Crippen MR) is 94.0 cm³/mol. The number of amides is 2. The van der Waals surface area contributed by atoms with E-state index in [0.717, 1.165) is 15.6 Å². The lowest BCUT2D eigenvalue weighted by Crippen LogP contribution is -2.38. The van der Waals surface area contributed by atoms with Gasteiger partial charge in [-0.05, 0) is 36.2 Å². The minimum atomic E-state index is -0.113. The van der Waals surface area contributed by atoms with Gasteiger partial charge < -0.3 is 10.2 Å². The molecule has 0 spiro atoms. The first kappa shape index (κ1) is 16.8. The SMILES string of the molecule is CC(NC(=O)N(C)Cc1ccc(Cl)cc1)c1ccccc1Br. The molecule has 0 aromatic heterocycles. The second-order valence-corrected chi connectivity index (χ2v) is 6.47. The van der Waals surface area contributed by atoms with E-state index >= 15 is 0 Å². The van der Waals surface area contributed by atoms with Gasteiger partial charge in [-0.1, -0.05) is 57.9 Å². The number of rotatable bonds is 4. The van der Waals surface area contributed by atoms with E-state index in [2.05, 4.69) is 21.2 Å². The summed E-state index contributed by atoms with van der Waals surface area (Å²) in [4.78, 5) is 13.9. The molecule has 0 saturated heterocycles. The van der Waals surface area contributed by atoms with Crippen LogP contribution in [0.25, 0.3) is 0 Å². The van der Waals surface area contributed by atoms with Crippen molar-refractivity contribution in [1.29, 1.82) is 0 Å². The van der Waals surface area contributed by atoms with Crippen molar-refractivity contribution in [1.82, 2.24) is 10.2 Å². The molecule has 0 saturated carbocycles. The maximum absolute atomic E-state index is 12.3. The van der Waals surface area contributed by atoms with Crippen LogP contribution in [0, 0.1) is 0 Å². The van der Waals surface area contributed by atoms with Gasteiger partial charge in [0.1, 0.15) is 0 Å². The molecule has 0 aliphatic carbocycles. The van der Waals surface area contributed by atoms with Gasteiger partial charge in [0.05, 0.1) is 6.04 Å². The van der Waals surface area contributed by atoms with Gasteiger partial charge in [-0.2, -0.15) is 0 Å². The Morgan fingerprint density at radius 2 is 1.86 bits per heavy atom. The molecule has 0 heterocycles. The smallest absolute Gasteiger partial charge is 0.317 e. The summed E-state index contributed by atoms with van der Waals surface area (Å²) in [6, 6.07) is 15.2. The molecule has 0 aliphatic heterocycles. The van der Waals surface area contributed by atoms with Gasteiger partial charge in [0, 0.05) is 23.1 Å². The van der Waals surface area contributed by atoms with Gasteiger partial charge in [-0.3, -0.25) is 0 Å². The van der Waals surface area contributed by atoms with E-state index in [-0.39, 0.29) is 12.1 Å². The summed E-state index contributed by atoms with van der Waals surface area (Å²) in [5.41, 5.74) is 2.09. The molecule has 5 heteroatoms. The molecule has 1 unspecified atom stereocenters. The highest BCUT2D eigenvalue weighted by atomic mass is 79.9. The highest BCUT2D eigenvalue weighted by Crippen LogP contribution is 2.22. The number of hydrogen-bond acceptors (Lipinski definition) is 1. The van der Waals surface area contributed by atoms with Crippen molar-refractivity contribution in [3.63, 3.8) is 0 Å². The van der Waals surface area contributed by atoms with Crippen LogP contribution in [-0.4, -0.2) is 18.0 Å². The molecule has 0 aliphatic rings. The Morgan fingerprint density at radius 3 is 2.50 bits per heavy atom. The number of benzene rings is 2. The van der Waals surface area contributed by atoms with Crippen LogP contribution in [-0.2, 0) is 6.54 Å². The van der Waals surface area contributed by atoms with E-state index in [4.69, 9.17) is 11.6 Å². The van der Waals surface area contributed by atoms with E-state index in [9.17, 15) is 4.79 Å². The van der Waals surface area contributed by atoms with Crippen LogP contribution < -0.4 is 5.32 Å². The molecule has 0 bridgehead atoms. The van der Waals surface area contributed by atoms with E-state index in [1.807, 2.05) is 55.5 Å². The summed E-state index contributed by atoms with van der Waals surface area (Å²) in [5, 5.41) is 3.69. The third kappa shape index (κ3) is 4.49. The Balaban J connectivity index is 1.96. The molecule has 1 atom stereocenters. The number of hydrogen-bond donors (Lipinski definition) is 1. The Kier molecular flexibility index (Phi) is 5.86. The van der Waals surface area contributed by atoms with Crippen LogP contribution in [0.15, 0.2) is 53.0 Å². The fraction of sp³-hybridized carbons (Fsp3) is 0.235. The summed E-state index contributed by atoms with van der Waals surface area (Å²) < 4.78 is 0.989. The van der Waals surface area contributed by atoms with E-state index in [1.54, 1.807) is 11.9 Å². The number of carbonyl (C=O) groups is 1. The molecule has 1 N–H and O–H groups in total. The third-order valence-electron chi connectivity index (χ3n) is 3.39. The van der Waals surface area contributed by atoms with Crippen molar-refractivity contribution >= 4 is 33.6 Å². The van der Waals surface area contributed by atoms with Crippen molar-refractivity contribution in [2.24, 2.45) is 0 Å². The highest BCUT2D eigenvalue weighted by molar-refractivity contribution is 9.10. The lowest BCUT2D eigenvalue weighted by Gasteiger charge is -2.22. The highest BCUT2D eigenvalue weighted by Gasteiger charge is 2.15. The molecular formula is C17H18BrClN2O. The average Bonchev–Trinajstić information content (AvgIpc) is 2.49. The molecule has 116 valence electrons. The number of carbonyl (C=O) groups excluding carboxylic acids is 1. The minimum Gasteiger partial charge on any atom is -0.331 e. The summed E-state index contributed by atoms with van der Waals surface area (Å²) in [6.07, 6.45) is 0. The van der Waals surface area contributed by atoms with Crippen LogP contribution >= 0.6 is 27.5 Å². The first-order valence-corrected chi connectivity index (χ1v) is 8.15. The largest absolute Gasteiger partial charge is 0.331 e. The lowest BCUT2D eigenvalue weighted by molar-refractivity contribution is 0.203. The molecule has 2 aromatic rings. The predicted octanol–water partition coefficient (Wildman–Crippen LogP) is 5.01. The van der Waals surface area contributed by atoms with E-state index in [0.29, 0.717) is 11.6 Å². The Labute approximate surface area is 144 Å². The molecule has 2 amide bonds. The van der Waals surface area contributed by atoms with Crippen LogP contribution in [0.4, 0.5) is 4.79 Å². The number of urea groups is 1. The summed E-state index contributed by atoms with van der Waals surface area (Å²) in [7, 11) is 1.77. The lowest BCUT2D eigenvalue weighted by atomic mass is 10.1. The van der Waals surface area contributed by atoms with Crippen LogP contribution in [0.3, 0.4) is 0 Å². The second kappa shape index (κ2) is 7.65. The van der Waals surface area contributed by atoms with Crippen molar-refractivity contribution < 1.29 is 4.79 Å². The number of halogens is 2. The van der Waals surface area contributed by atoms with Gasteiger partial charge in [0.2, 0.25) is 0 Å². The minimum absolute atomic E-state index is 0.0734. The zero-order chi connectivity index (χ0) is 16.1. The fourth-order valence-corrected chi connectivity index (χ4v) is 2.89. The summed E-state index contributed by atoms with van der Waals surface area (Å²) in [5.74, 6) is 0. The zero-order valence-corrected chi connectivity index (χ0v) is 14.9. The quantitative estimate of drug-likeness (QED) is 0.793. The van der Waals surface area contributed by atoms with E-state index in [1.165, 1.54) is 0 Å². The zero-order valence-electron chi connectivity index (χ0n) is 12.5. The average molecular weight is 382 g/mol. The number of nitrogens with zero attached hydrogens (tertiary/aromatic N) is 1. The van der Waals surface area contributed by atoms with Crippen molar-refractivity contribution in [3.05, 3.63) is 69.2 Å². The van der Waals surface area contributed by atoms with Crippen LogP contribution in [0.2, 0.25) is 5.02 Å². The maximum Gasteiger partial charge on any atom is 0.317 e. The molecule has 0 radical (unpaired) electrons. The molecular weight excluding hydrogens is 364 g/mol. The monoisotopic (exact) mass is 380 g/mol. The van der Waals surface area contributed by atoms with Crippen molar-refractivity contribution in [2.75, 3.05) is 7.05 Å². The first-order valence-electron chi connectivity index (χ1n) is 6.98. The van der Waals surface area contributed by atoms with Crippen molar-refractivity contribution in [3.8, 4) is 0 Å². The molecule has 2 aromatic carbocycles. The Bertz CT molecular complexity index is 645. The number of nitrogens with one attached hydrogen (secondary N) is 1. The van der Waals surface area contributed by atoms with Gasteiger partial charge in [0.15, 0.2) is 0 Å².